The van der Waals surface area contributed by atoms with Crippen LogP contribution in [-0.4, -0.2) is 35.2 Å². The van der Waals surface area contributed by atoms with E-state index in [2.05, 4.69) is 0 Å². The molecule has 1 amide bonds. The first-order chi connectivity index (χ1) is 9.56. The number of carbonyl (C=O) groups is 2. The second-order valence-corrected chi connectivity index (χ2v) is 5.24. The van der Waals surface area contributed by atoms with Crippen LogP contribution in [0.15, 0.2) is 24.3 Å². The quantitative estimate of drug-likeness (QED) is 0.931. The van der Waals surface area contributed by atoms with Crippen molar-refractivity contribution in [3.63, 3.8) is 0 Å². The van der Waals surface area contributed by atoms with E-state index < -0.39 is 18.0 Å². The third-order valence-electron chi connectivity index (χ3n) is 3.30. The minimum absolute atomic E-state index is 0.157. The van der Waals surface area contributed by atoms with Gasteiger partial charge in [-0.2, -0.15) is 0 Å². The number of nitrogens with zero attached hydrogens (tertiary/aromatic N) is 1. The summed E-state index contributed by atoms with van der Waals surface area (Å²) in [6, 6.07) is 7.02. The van der Waals surface area contributed by atoms with Crippen LogP contribution in [0.2, 0.25) is 5.02 Å². The van der Waals surface area contributed by atoms with E-state index in [1.54, 1.807) is 24.3 Å². The molecule has 1 fully saturated rings. The van der Waals surface area contributed by atoms with Crippen LogP contribution < -0.4 is 0 Å². The molecule has 0 radical (unpaired) electrons. The summed E-state index contributed by atoms with van der Waals surface area (Å²) in [6.07, 6.45) is 0.828. The lowest BCUT2D eigenvalue weighted by Gasteiger charge is -2.29. The third-order valence-corrected chi connectivity index (χ3v) is 3.56. The Labute approximate surface area is 122 Å². The average Bonchev–Trinajstić information content (AvgIpc) is 2.46. The molecule has 2 rings (SSSR count). The first-order valence-corrected chi connectivity index (χ1v) is 6.83. The van der Waals surface area contributed by atoms with Gasteiger partial charge in [0.25, 0.3) is 0 Å². The van der Waals surface area contributed by atoms with Gasteiger partial charge in [-0.15, -0.1) is 0 Å². The van der Waals surface area contributed by atoms with E-state index in [9.17, 15) is 9.59 Å². The van der Waals surface area contributed by atoms with Crippen molar-refractivity contribution in [1.29, 1.82) is 0 Å². The van der Waals surface area contributed by atoms with Crippen LogP contribution in [0.25, 0.3) is 0 Å². The molecule has 20 heavy (non-hydrogen) atoms. The molecule has 1 aliphatic rings. The van der Waals surface area contributed by atoms with Crippen molar-refractivity contribution in [2.75, 3.05) is 13.1 Å². The van der Waals surface area contributed by atoms with Crippen LogP contribution in [0.1, 0.15) is 18.4 Å². The van der Waals surface area contributed by atoms with Crippen LogP contribution in [-0.2, 0) is 16.1 Å². The van der Waals surface area contributed by atoms with Gasteiger partial charge in [0.2, 0.25) is 0 Å². The van der Waals surface area contributed by atoms with Crippen molar-refractivity contribution >= 4 is 23.7 Å². The van der Waals surface area contributed by atoms with Crippen LogP contribution in [0.5, 0.6) is 0 Å². The van der Waals surface area contributed by atoms with Gasteiger partial charge in [0.05, 0.1) is 5.92 Å². The fourth-order valence-corrected chi connectivity index (χ4v) is 2.29. The summed E-state index contributed by atoms with van der Waals surface area (Å²) in [5.74, 6) is -1.35. The summed E-state index contributed by atoms with van der Waals surface area (Å²) in [6.45, 7) is 0.919. The number of likely N-dealkylation sites (tertiary alicyclic amines) is 1. The molecule has 0 aromatic heterocycles. The molecule has 5 nitrogen and oxygen atoms in total. The first-order valence-electron chi connectivity index (χ1n) is 6.45. The van der Waals surface area contributed by atoms with Crippen LogP contribution in [0, 0.1) is 5.92 Å². The number of carboxylic acids is 1. The van der Waals surface area contributed by atoms with Gasteiger partial charge in [-0.05, 0) is 30.5 Å². The molecule has 0 spiro atoms. The Bertz CT molecular complexity index is 488. The Hall–Kier alpha value is -1.75. The van der Waals surface area contributed by atoms with E-state index in [1.807, 2.05) is 0 Å². The van der Waals surface area contributed by atoms with E-state index in [-0.39, 0.29) is 13.2 Å². The summed E-state index contributed by atoms with van der Waals surface area (Å²) in [7, 11) is 0. The number of hydrogen-bond acceptors (Lipinski definition) is 3. The Balaban J connectivity index is 1.85. The predicted octanol–water partition coefficient (Wildman–Crippen LogP) is 2.77. The minimum Gasteiger partial charge on any atom is -0.481 e. The Morgan fingerprint density at radius 1 is 1.35 bits per heavy atom. The number of halogens is 1. The number of piperidine rings is 1. The highest BCUT2D eigenvalue weighted by Crippen LogP contribution is 2.18. The van der Waals surface area contributed by atoms with Gasteiger partial charge >= 0.3 is 12.1 Å². The largest absolute Gasteiger partial charge is 0.481 e. The van der Waals surface area contributed by atoms with Crippen molar-refractivity contribution in [3.8, 4) is 0 Å². The number of ether oxygens (including phenoxy) is 1. The maximum absolute atomic E-state index is 11.9. The lowest BCUT2D eigenvalue weighted by atomic mass is 9.99. The number of rotatable bonds is 3. The van der Waals surface area contributed by atoms with E-state index in [4.69, 9.17) is 21.4 Å². The molecular weight excluding hydrogens is 282 g/mol. The zero-order valence-electron chi connectivity index (χ0n) is 10.9. The van der Waals surface area contributed by atoms with Gasteiger partial charge in [-0.3, -0.25) is 4.79 Å². The summed E-state index contributed by atoms with van der Waals surface area (Å²) < 4.78 is 5.19. The van der Waals surface area contributed by atoms with Crippen molar-refractivity contribution in [2.24, 2.45) is 5.92 Å². The van der Waals surface area contributed by atoms with Crippen molar-refractivity contribution in [2.45, 2.75) is 19.4 Å². The number of benzene rings is 1. The number of aliphatic carboxylic acids is 1. The predicted molar refractivity (Wildman–Crippen MR) is 73.6 cm³/mol. The van der Waals surface area contributed by atoms with Gasteiger partial charge in [-0.1, -0.05) is 23.7 Å². The molecule has 1 heterocycles. The fraction of sp³-hybridized carbons (Fsp3) is 0.429. The third kappa shape index (κ3) is 3.87. The van der Waals surface area contributed by atoms with Gasteiger partial charge in [-0.25, -0.2) is 4.79 Å². The van der Waals surface area contributed by atoms with E-state index in [0.29, 0.717) is 24.4 Å². The highest BCUT2D eigenvalue weighted by Gasteiger charge is 2.28. The average molecular weight is 298 g/mol. The lowest BCUT2D eigenvalue weighted by molar-refractivity contribution is -0.143. The molecule has 1 aromatic carbocycles. The molecule has 1 unspecified atom stereocenters. The molecule has 1 N–H and O–H groups in total. The summed E-state index contributed by atoms with van der Waals surface area (Å²) in [5, 5.41) is 9.61. The van der Waals surface area contributed by atoms with E-state index >= 15 is 0 Å². The number of hydrogen-bond donors (Lipinski definition) is 1. The second-order valence-electron chi connectivity index (χ2n) is 4.80. The molecule has 1 atom stereocenters. The molecule has 1 aromatic rings. The highest BCUT2D eigenvalue weighted by atomic mass is 35.5. The number of carboxylic acid groups (broad SMARTS) is 1. The molecular formula is C14H16ClNO4. The fourth-order valence-electron chi connectivity index (χ4n) is 2.16. The van der Waals surface area contributed by atoms with Crippen LogP contribution >= 0.6 is 11.6 Å². The molecule has 6 heteroatoms. The van der Waals surface area contributed by atoms with Crippen molar-refractivity contribution in [3.05, 3.63) is 34.9 Å². The zero-order valence-corrected chi connectivity index (χ0v) is 11.7. The maximum Gasteiger partial charge on any atom is 0.410 e. The van der Waals surface area contributed by atoms with Gasteiger partial charge in [0.1, 0.15) is 6.61 Å². The molecule has 1 aliphatic heterocycles. The zero-order chi connectivity index (χ0) is 14.5. The topological polar surface area (TPSA) is 66.8 Å². The van der Waals surface area contributed by atoms with Gasteiger partial charge in [0.15, 0.2) is 0 Å². The molecule has 1 saturated heterocycles. The molecule has 0 bridgehead atoms. The second kappa shape index (κ2) is 6.61. The maximum atomic E-state index is 11.9. The first kappa shape index (κ1) is 14.7. The van der Waals surface area contributed by atoms with Crippen LogP contribution in [0.4, 0.5) is 4.79 Å². The normalized spacial score (nSPS) is 18.6. The standard InChI is InChI=1S/C14H16ClNO4/c15-12-5-3-10(4-6-12)9-20-14(19)16-7-1-2-11(8-16)13(17)18/h3-6,11H,1-2,7-9H2,(H,17,18). The summed E-state index contributed by atoms with van der Waals surface area (Å²) in [5.41, 5.74) is 0.842. The summed E-state index contributed by atoms with van der Waals surface area (Å²) >= 11 is 5.77. The Morgan fingerprint density at radius 2 is 2.05 bits per heavy atom. The minimum atomic E-state index is -0.861. The smallest absolute Gasteiger partial charge is 0.410 e. The van der Waals surface area contributed by atoms with E-state index in [0.717, 1.165) is 5.56 Å². The molecule has 0 saturated carbocycles. The van der Waals surface area contributed by atoms with Crippen molar-refractivity contribution in [1.82, 2.24) is 4.90 Å². The van der Waals surface area contributed by atoms with Crippen molar-refractivity contribution < 1.29 is 19.4 Å². The molecule has 0 aliphatic carbocycles. The lowest BCUT2D eigenvalue weighted by Crippen LogP contribution is -2.42. The van der Waals surface area contributed by atoms with Gasteiger partial charge in [0, 0.05) is 18.1 Å². The highest BCUT2D eigenvalue weighted by molar-refractivity contribution is 6.30. The number of carbonyl (C=O) groups excluding carboxylic acids is 1. The SMILES string of the molecule is O=C(O)C1CCCN(C(=O)OCc2ccc(Cl)cc2)C1. The Kier molecular flexibility index (Phi) is 4.84. The monoisotopic (exact) mass is 297 g/mol. The Morgan fingerprint density at radius 3 is 2.70 bits per heavy atom. The van der Waals surface area contributed by atoms with Crippen LogP contribution in [0.3, 0.4) is 0 Å². The van der Waals surface area contributed by atoms with Gasteiger partial charge < -0.3 is 14.7 Å². The van der Waals surface area contributed by atoms with E-state index in [1.165, 1.54) is 4.90 Å². The molecule has 108 valence electrons. The number of amides is 1. The summed E-state index contributed by atoms with van der Waals surface area (Å²) in [4.78, 5) is 24.3.